The summed E-state index contributed by atoms with van der Waals surface area (Å²) in [5.74, 6) is 1.15. The van der Waals surface area contributed by atoms with Gasteiger partial charge in [0.05, 0.1) is 5.02 Å². The fourth-order valence-corrected chi connectivity index (χ4v) is 3.16. The number of hydrogen-bond acceptors (Lipinski definition) is 3. The van der Waals surface area contributed by atoms with E-state index in [1.165, 1.54) is 0 Å². The molecule has 0 heterocycles. The first kappa shape index (κ1) is 18.0. The van der Waals surface area contributed by atoms with Crippen LogP contribution in [0.2, 0.25) is 10.0 Å². The van der Waals surface area contributed by atoms with Crippen LogP contribution >= 0.6 is 35.0 Å². The van der Waals surface area contributed by atoms with Crippen molar-refractivity contribution in [1.82, 2.24) is 0 Å². The first-order valence-electron chi connectivity index (χ1n) is 7.10. The fourth-order valence-electron chi connectivity index (χ4n) is 2.01. The highest BCUT2D eigenvalue weighted by atomic mass is 35.5. The molecule has 1 N–H and O–H groups in total. The van der Waals surface area contributed by atoms with Crippen molar-refractivity contribution in [2.75, 3.05) is 5.75 Å². The summed E-state index contributed by atoms with van der Waals surface area (Å²) in [6, 6.07) is 10.8. The predicted octanol–water partition coefficient (Wildman–Crippen LogP) is 5.91. The Bertz CT molecular complexity index is 704. The molecule has 0 unspecified atom stereocenters. The highest BCUT2D eigenvalue weighted by Gasteiger charge is 2.11. The molecule has 23 heavy (non-hydrogen) atoms. The summed E-state index contributed by atoms with van der Waals surface area (Å²) >= 11 is 14.0. The lowest BCUT2D eigenvalue weighted by Crippen LogP contribution is -1.99. The highest BCUT2D eigenvalue weighted by Crippen LogP contribution is 2.35. The SMILES string of the molecule is CCSc1ccc(Oc2cc(Cl)ccc2CCC(=O)O)c(Cl)c1. The molecule has 0 amide bonds. The van der Waals surface area contributed by atoms with Crippen LogP contribution in [0.25, 0.3) is 0 Å². The molecule has 0 radical (unpaired) electrons. The molecule has 0 aliphatic rings. The van der Waals surface area contributed by atoms with Crippen LogP contribution in [-0.2, 0) is 11.2 Å². The molecule has 3 nitrogen and oxygen atoms in total. The summed E-state index contributed by atoms with van der Waals surface area (Å²) in [7, 11) is 0. The molecule has 0 saturated heterocycles. The Labute approximate surface area is 149 Å². The van der Waals surface area contributed by atoms with E-state index in [-0.39, 0.29) is 6.42 Å². The molecule has 0 fully saturated rings. The monoisotopic (exact) mass is 370 g/mol. The predicted molar refractivity (Wildman–Crippen MR) is 95.3 cm³/mol. The number of carbonyl (C=O) groups is 1. The minimum atomic E-state index is -0.857. The van der Waals surface area contributed by atoms with Crippen LogP contribution in [0.4, 0.5) is 0 Å². The summed E-state index contributed by atoms with van der Waals surface area (Å²) in [4.78, 5) is 11.8. The second-order valence-corrected chi connectivity index (χ2v) is 6.95. The third-order valence-electron chi connectivity index (χ3n) is 3.07. The van der Waals surface area contributed by atoms with E-state index in [0.29, 0.717) is 28.0 Å². The number of halogens is 2. The molecule has 0 aliphatic heterocycles. The largest absolute Gasteiger partial charge is 0.481 e. The average Bonchev–Trinajstić information content (AvgIpc) is 2.49. The Kier molecular flexibility index (Phi) is 6.63. The van der Waals surface area contributed by atoms with Crippen LogP contribution in [0.3, 0.4) is 0 Å². The van der Waals surface area contributed by atoms with Crippen LogP contribution in [0, 0.1) is 0 Å². The number of benzene rings is 2. The number of hydrogen-bond donors (Lipinski definition) is 1. The fraction of sp³-hybridized carbons (Fsp3) is 0.235. The third-order valence-corrected chi connectivity index (χ3v) is 4.48. The third kappa shape index (κ3) is 5.34. The zero-order chi connectivity index (χ0) is 16.8. The molecule has 6 heteroatoms. The van der Waals surface area contributed by atoms with Crippen LogP contribution < -0.4 is 4.74 Å². The summed E-state index contributed by atoms with van der Waals surface area (Å²) < 4.78 is 5.87. The van der Waals surface area contributed by atoms with Gasteiger partial charge in [-0.2, -0.15) is 0 Å². The number of aliphatic carboxylic acids is 1. The van der Waals surface area contributed by atoms with Gasteiger partial charge in [0.25, 0.3) is 0 Å². The average molecular weight is 371 g/mol. The highest BCUT2D eigenvalue weighted by molar-refractivity contribution is 7.99. The normalized spacial score (nSPS) is 10.6. The van der Waals surface area contributed by atoms with Gasteiger partial charge in [0.15, 0.2) is 0 Å². The second-order valence-electron chi connectivity index (χ2n) is 4.77. The molecule has 0 spiro atoms. The van der Waals surface area contributed by atoms with Crippen LogP contribution in [0.5, 0.6) is 11.5 Å². The lowest BCUT2D eigenvalue weighted by molar-refractivity contribution is -0.136. The first-order chi connectivity index (χ1) is 11.0. The van der Waals surface area contributed by atoms with Gasteiger partial charge in [-0.15, -0.1) is 11.8 Å². The first-order valence-corrected chi connectivity index (χ1v) is 8.84. The molecule has 0 atom stereocenters. The van der Waals surface area contributed by atoms with E-state index in [2.05, 4.69) is 6.92 Å². The Balaban J connectivity index is 2.24. The number of thioether (sulfide) groups is 1. The maximum Gasteiger partial charge on any atom is 0.303 e. The molecule has 122 valence electrons. The van der Waals surface area contributed by atoms with Crippen molar-refractivity contribution in [3.63, 3.8) is 0 Å². The van der Waals surface area contributed by atoms with Crippen molar-refractivity contribution in [2.45, 2.75) is 24.7 Å². The van der Waals surface area contributed by atoms with E-state index in [1.807, 2.05) is 18.2 Å². The number of rotatable bonds is 7. The van der Waals surface area contributed by atoms with Crippen molar-refractivity contribution in [3.8, 4) is 11.5 Å². The lowest BCUT2D eigenvalue weighted by atomic mass is 10.1. The van der Waals surface area contributed by atoms with E-state index >= 15 is 0 Å². The molecule has 0 saturated carbocycles. The zero-order valence-electron chi connectivity index (χ0n) is 12.5. The van der Waals surface area contributed by atoms with Crippen molar-refractivity contribution in [1.29, 1.82) is 0 Å². The summed E-state index contributed by atoms with van der Waals surface area (Å²) in [5, 5.41) is 9.87. The van der Waals surface area contributed by atoms with Gasteiger partial charge >= 0.3 is 5.97 Å². The Hall–Kier alpha value is -1.36. The molecule has 2 aromatic carbocycles. The zero-order valence-corrected chi connectivity index (χ0v) is 14.8. The topological polar surface area (TPSA) is 46.5 Å². The number of aryl methyl sites for hydroxylation is 1. The molecule has 0 aliphatic carbocycles. The van der Waals surface area contributed by atoms with Gasteiger partial charge in [-0.3, -0.25) is 4.79 Å². The van der Waals surface area contributed by atoms with E-state index in [9.17, 15) is 4.79 Å². The van der Waals surface area contributed by atoms with Crippen LogP contribution in [-0.4, -0.2) is 16.8 Å². The molecule has 0 aromatic heterocycles. The van der Waals surface area contributed by atoms with Gasteiger partial charge in [0.1, 0.15) is 11.5 Å². The second kappa shape index (κ2) is 8.48. The molecular formula is C17H16Cl2O3S. The van der Waals surface area contributed by atoms with Crippen molar-refractivity contribution in [2.24, 2.45) is 0 Å². The minimum Gasteiger partial charge on any atom is -0.481 e. The van der Waals surface area contributed by atoms with E-state index < -0.39 is 5.97 Å². The molecule has 2 aromatic rings. The Morgan fingerprint density at radius 2 is 1.96 bits per heavy atom. The molecule has 0 bridgehead atoms. The van der Waals surface area contributed by atoms with Crippen LogP contribution in [0.15, 0.2) is 41.3 Å². The summed E-state index contributed by atoms with van der Waals surface area (Å²) in [5.41, 5.74) is 0.778. The summed E-state index contributed by atoms with van der Waals surface area (Å²) in [6.07, 6.45) is 0.390. The van der Waals surface area contributed by atoms with E-state index in [0.717, 1.165) is 16.2 Å². The van der Waals surface area contributed by atoms with Gasteiger partial charge in [0.2, 0.25) is 0 Å². The smallest absolute Gasteiger partial charge is 0.303 e. The van der Waals surface area contributed by atoms with Gasteiger partial charge in [-0.05, 0) is 48.1 Å². The van der Waals surface area contributed by atoms with Gasteiger partial charge in [-0.1, -0.05) is 36.2 Å². The Morgan fingerprint density at radius 1 is 1.17 bits per heavy atom. The van der Waals surface area contributed by atoms with Gasteiger partial charge < -0.3 is 9.84 Å². The maximum absolute atomic E-state index is 10.8. The number of carboxylic acid groups (broad SMARTS) is 1. The van der Waals surface area contributed by atoms with Crippen molar-refractivity contribution >= 4 is 40.9 Å². The van der Waals surface area contributed by atoms with Crippen LogP contribution in [0.1, 0.15) is 18.9 Å². The maximum atomic E-state index is 10.8. The van der Waals surface area contributed by atoms with Gasteiger partial charge in [0, 0.05) is 16.3 Å². The van der Waals surface area contributed by atoms with Crippen molar-refractivity contribution in [3.05, 3.63) is 52.0 Å². The molecular weight excluding hydrogens is 355 g/mol. The van der Waals surface area contributed by atoms with Crippen molar-refractivity contribution < 1.29 is 14.6 Å². The van der Waals surface area contributed by atoms with E-state index in [1.54, 1.807) is 30.0 Å². The minimum absolute atomic E-state index is 0.0256. The number of carboxylic acids is 1. The van der Waals surface area contributed by atoms with Gasteiger partial charge in [-0.25, -0.2) is 0 Å². The molecule has 2 rings (SSSR count). The van der Waals surface area contributed by atoms with E-state index in [4.69, 9.17) is 33.0 Å². The standard InChI is InChI=1S/C17H16Cl2O3S/c1-2-23-13-6-7-15(14(19)10-13)22-16-9-12(18)5-3-11(16)4-8-17(20)21/h3,5-7,9-10H,2,4,8H2,1H3,(H,20,21). The quantitative estimate of drug-likeness (QED) is 0.614. The Morgan fingerprint density at radius 3 is 2.61 bits per heavy atom. The lowest BCUT2D eigenvalue weighted by Gasteiger charge is -2.13. The number of ether oxygens (including phenoxy) is 1. The summed E-state index contributed by atoms with van der Waals surface area (Å²) in [6.45, 7) is 2.07.